The molecule has 0 saturated heterocycles. The highest BCUT2D eigenvalue weighted by molar-refractivity contribution is 5.54. The number of hydrogen-bond donors (Lipinski definition) is 1. The molecule has 0 fully saturated rings. The molecule has 4 nitrogen and oxygen atoms in total. The topological polar surface area (TPSA) is 46.5 Å². The molecule has 0 aliphatic heterocycles. The maximum Gasteiger partial charge on any atom is 0.157 e. The Morgan fingerprint density at radius 3 is 1.63 bits per heavy atom. The molecule has 0 aliphatic rings. The predicted octanol–water partition coefficient (Wildman–Crippen LogP) is 5.42. The Kier molecular flexibility index (Phi) is 4.52. The number of aromatic amines is 1. The second-order valence-electron chi connectivity index (χ2n) is 7.39. The molecule has 3 aromatic carbocycles. The van der Waals surface area contributed by atoms with Crippen LogP contribution in [0.25, 0.3) is 11.5 Å². The first-order chi connectivity index (χ1) is 14.8. The van der Waals surface area contributed by atoms with E-state index in [1.54, 1.807) is 0 Å². The largest absolute Gasteiger partial charge is 0.341 e. The van der Waals surface area contributed by atoms with Crippen LogP contribution in [0.1, 0.15) is 22.4 Å². The van der Waals surface area contributed by atoms with E-state index in [2.05, 4.69) is 112 Å². The van der Waals surface area contributed by atoms with Gasteiger partial charge >= 0.3 is 0 Å². The summed E-state index contributed by atoms with van der Waals surface area (Å²) in [5, 5.41) is 0. The molecule has 146 valence electrons. The van der Waals surface area contributed by atoms with Gasteiger partial charge in [0.1, 0.15) is 11.2 Å². The number of H-pyrrole nitrogens is 1. The Balaban J connectivity index is 1.82. The highest BCUT2D eigenvalue weighted by Crippen LogP contribution is 2.41. The molecule has 0 amide bonds. The summed E-state index contributed by atoms with van der Waals surface area (Å²) in [7, 11) is 0. The van der Waals surface area contributed by atoms with E-state index in [0.29, 0.717) is 0 Å². The van der Waals surface area contributed by atoms with Gasteiger partial charge in [0.2, 0.25) is 0 Å². The van der Waals surface area contributed by atoms with Gasteiger partial charge in [-0.1, -0.05) is 91.0 Å². The van der Waals surface area contributed by atoms with E-state index in [0.717, 1.165) is 17.2 Å². The van der Waals surface area contributed by atoms with Crippen LogP contribution in [0.2, 0.25) is 0 Å². The summed E-state index contributed by atoms with van der Waals surface area (Å²) in [5.74, 6) is 0.773. The third kappa shape index (κ3) is 2.94. The van der Waals surface area contributed by atoms with Gasteiger partial charge in [0.15, 0.2) is 5.82 Å². The van der Waals surface area contributed by atoms with Gasteiger partial charge in [0.25, 0.3) is 0 Å². The Morgan fingerprint density at radius 1 is 0.700 bits per heavy atom. The van der Waals surface area contributed by atoms with E-state index in [1.807, 2.05) is 19.4 Å². The normalized spacial score (nSPS) is 11.5. The lowest BCUT2D eigenvalue weighted by atomic mass is 9.77. The third-order valence-electron chi connectivity index (χ3n) is 5.49. The van der Waals surface area contributed by atoms with Crippen LogP contribution >= 0.6 is 0 Å². The molecule has 0 unspecified atom stereocenters. The molecule has 0 bridgehead atoms. The van der Waals surface area contributed by atoms with Crippen LogP contribution in [0.3, 0.4) is 0 Å². The second-order valence-corrected chi connectivity index (χ2v) is 7.39. The van der Waals surface area contributed by atoms with Crippen molar-refractivity contribution in [2.24, 2.45) is 0 Å². The molecule has 0 aliphatic carbocycles. The fraction of sp³-hybridized carbons (Fsp3) is 0.0769. The van der Waals surface area contributed by atoms with Crippen molar-refractivity contribution in [1.29, 1.82) is 0 Å². The SMILES string of the molecule is Cc1cnc(-c2cn(C(c3ccccc3)(c3ccccc3)c3ccccc3)cn2)[nH]1. The Morgan fingerprint density at radius 2 is 1.20 bits per heavy atom. The van der Waals surface area contributed by atoms with Crippen LogP contribution in [-0.4, -0.2) is 19.5 Å². The van der Waals surface area contributed by atoms with Crippen LogP contribution in [0, 0.1) is 6.92 Å². The van der Waals surface area contributed by atoms with E-state index >= 15 is 0 Å². The van der Waals surface area contributed by atoms with Gasteiger partial charge in [-0.3, -0.25) is 0 Å². The average Bonchev–Trinajstić information content (AvgIpc) is 3.46. The minimum absolute atomic E-state index is 0.559. The Hall–Kier alpha value is -3.92. The first-order valence-electron chi connectivity index (χ1n) is 10.0. The van der Waals surface area contributed by atoms with E-state index in [9.17, 15) is 0 Å². The van der Waals surface area contributed by atoms with Crippen molar-refractivity contribution in [1.82, 2.24) is 19.5 Å². The summed E-state index contributed by atoms with van der Waals surface area (Å²) in [6.45, 7) is 2.00. The van der Waals surface area contributed by atoms with Gasteiger partial charge < -0.3 is 9.55 Å². The van der Waals surface area contributed by atoms with Crippen molar-refractivity contribution in [3.63, 3.8) is 0 Å². The zero-order valence-electron chi connectivity index (χ0n) is 16.7. The number of benzene rings is 3. The van der Waals surface area contributed by atoms with Gasteiger partial charge in [-0.2, -0.15) is 0 Å². The van der Waals surface area contributed by atoms with E-state index in [-0.39, 0.29) is 0 Å². The second kappa shape index (κ2) is 7.48. The van der Waals surface area contributed by atoms with Gasteiger partial charge in [-0.25, -0.2) is 9.97 Å². The first-order valence-corrected chi connectivity index (χ1v) is 10.0. The third-order valence-corrected chi connectivity index (χ3v) is 5.49. The summed E-state index contributed by atoms with van der Waals surface area (Å²) < 4.78 is 2.19. The molecular formula is C26H22N4. The lowest BCUT2D eigenvalue weighted by Gasteiger charge is -2.37. The van der Waals surface area contributed by atoms with E-state index < -0.39 is 5.54 Å². The number of aromatic nitrogens is 4. The minimum atomic E-state index is -0.559. The molecule has 5 rings (SSSR count). The molecule has 0 radical (unpaired) electrons. The van der Waals surface area contributed by atoms with E-state index in [1.165, 1.54) is 16.7 Å². The van der Waals surface area contributed by atoms with Crippen LogP contribution < -0.4 is 0 Å². The zero-order chi connectivity index (χ0) is 20.4. The smallest absolute Gasteiger partial charge is 0.157 e. The van der Waals surface area contributed by atoms with Crippen molar-refractivity contribution in [3.05, 3.63) is 132 Å². The summed E-state index contributed by atoms with van der Waals surface area (Å²) in [4.78, 5) is 12.5. The van der Waals surface area contributed by atoms with E-state index in [4.69, 9.17) is 4.98 Å². The monoisotopic (exact) mass is 390 g/mol. The van der Waals surface area contributed by atoms with Gasteiger partial charge in [0, 0.05) is 18.1 Å². The average molecular weight is 390 g/mol. The fourth-order valence-corrected chi connectivity index (χ4v) is 4.16. The van der Waals surface area contributed by atoms with Crippen molar-refractivity contribution >= 4 is 0 Å². The highest BCUT2D eigenvalue weighted by atomic mass is 15.1. The van der Waals surface area contributed by atoms with Crippen molar-refractivity contribution < 1.29 is 0 Å². The summed E-state index contributed by atoms with van der Waals surface area (Å²) in [6.07, 6.45) is 5.80. The fourth-order valence-electron chi connectivity index (χ4n) is 4.16. The van der Waals surface area contributed by atoms with Crippen molar-refractivity contribution in [2.45, 2.75) is 12.5 Å². The first kappa shape index (κ1) is 18.1. The molecule has 0 atom stereocenters. The number of imidazole rings is 2. The quantitative estimate of drug-likeness (QED) is 0.407. The Labute approximate surface area is 175 Å². The summed E-state index contributed by atoms with van der Waals surface area (Å²) >= 11 is 0. The maximum absolute atomic E-state index is 4.71. The van der Waals surface area contributed by atoms with Gasteiger partial charge in [-0.15, -0.1) is 0 Å². The van der Waals surface area contributed by atoms with Crippen LogP contribution in [0.15, 0.2) is 110 Å². The lowest BCUT2D eigenvalue weighted by Crippen LogP contribution is -2.36. The molecular weight excluding hydrogens is 368 g/mol. The van der Waals surface area contributed by atoms with Crippen LogP contribution in [-0.2, 0) is 5.54 Å². The molecule has 4 heteroatoms. The van der Waals surface area contributed by atoms with Gasteiger partial charge in [-0.05, 0) is 23.6 Å². The highest BCUT2D eigenvalue weighted by Gasteiger charge is 2.38. The molecule has 2 aromatic heterocycles. The summed E-state index contributed by atoms with van der Waals surface area (Å²) in [6, 6.07) is 31.7. The predicted molar refractivity (Wildman–Crippen MR) is 119 cm³/mol. The van der Waals surface area contributed by atoms with Gasteiger partial charge in [0.05, 0.1) is 6.33 Å². The number of nitrogens with one attached hydrogen (secondary N) is 1. The maximum atomic E-state index is 4.71. The molecule has 30 heavy (non-hydrogen) atoms. The number of nitrogens with zero attached hydrogens (tertiary/aromatic N) is 3. The number of rotatable bonds is 5. The Bertz CT molecular complexity index is 1140. The summed E-state index contributed by atoms with van der Waals surface area (Å²) in [5.41, 5.74) is 4.78. The molecule has 1 N–H and O–H groups in total. The van der Waals surface area contributed by atoms with Crippen molar-refractivity contribution in [2.75, 3.05) is 0 Å². The number of hydrogen-bond acceptors (Lipinski definition) is 2. The number of aryl methyl sites for hydroxylation is 1. The minimum Gasteiger partial charge on any atom is -0.341 e. The molecule has 5 aromatic rings. The van der Waals surface area contributed by atoms with Crippen molar-refractivity contribution in [3.8, 4) is 11.5 Å². The lowest BCUT2D eigenvalue weighted by molar-refractivity contribution is 0.515. The van der Waals surface area contributed by atoms with Crippen LogP contribution in [0.5, 0.6) is 0 Å². The molecule has 2 heterocycles. The molecule has 0 spiro atoms. The molecule has 0 saturated carbocycles. The van der Waals surface area contributed by atoms with Crippen LogP contribution in [0.4, 0.5) is 0 Å². The zero-order valence-corrected chi connectivity index (χ0v) is 16.7. The standard InChI is InChI=1S/C26H22N4/c1-20-17-27-25(29-20)24-18-30(19-28-24)26(21-11-5-2-6-12-21,22-13-7-3-8-14-22)23-15-9-4-10-16-23/h2-19H,1H3,(H,27,29).